The monoisotopic (exact) mass is 229 g/mol. The third kappa shape index (κ3) is 14.7. The van der Waals surface area contributed by atoms with E-state index >= 15 is 0 Å². The normalized spacial score (nSPS) is 13.3. The molecule has 0 aromatic rings. The van der Waals surface area contributed by atoms with Crippen LogP contribution in [0.4, 0.5) is 0 Å². The molecular weight excluding hydrogens is 204 g/mol. The Labute approximate surface area is 107 Å². The Morgan fingerprint density at radius 3 is 1.94 bits per heavy atom. The average Bonchev–Trinajstić information content (AvgIpc) is 2.35. The molecule has 17 heavy (non-hydrogen) atoms. The molecule has 0 fully saturated rings. The van der Waals surface area contributed by atoms with Crippen molar-refractivity contribution in [1.82, 2.24) is 0 Å². The zero-order valence-electron chi connectivity index (χ0n) is 11.0. The molecule has 0 saturated heterocycles. The first-order valence-corrected chi connectivity index (χ1v) is 6.47. The van der Waals surface area contributed by atoms with Crippen molar-refractivity contribution >= 4 is 0 Å². The van der Waals surface area contributed by atoms with Gasteiger partial charge in [0.05, 0.1) is 0 Å². The summed E-state index contributed by atoms with van der Waals surface area (Å²) >= 11 is 0. The van der Waals surface area contributed by atoms with Gasteiger partial charge in [-0.2, -0.15) is 0 Å². The van der Waals surface area contributed by atoms with Gasteiger partial charge < -0.3 is 0 Å². The largest absolute Gasteiger partial charge is 0.0888 e. The van der Waals surface area contributed by atoms with Gasteiger partial charge in [0.25, 0.3) is 0 Å². The van der Waals surface area contributed by atoms with Gasteiger partial charge >= 0.3 is 0 Å². The van der Waals surface area contributed by atoms with E-state index in [0.717, 1.165) is 32.1 Å². The van der Waals surface area contributed by atoms with Gasteiger partial charge in [-0.25, -0.2) is 0 Å². The molecule has 0 aliphatic carbocycles. The second-order valence-corrected chi connectivity index (χ2v) is 3.73. The number of allylic oxidation sites excluding steroid dienone is 10. The van der Waals surface area contributed by atoms with E-state index in [-0.39, 0.29) is 0 Å². The average molecular weight is 229 g/mol. The first-order chi connectivity index (χ1) is 8.41. The molecular formula is C17H25. The van der Waals surface area contributed by atoms with Crippen LogP contribution in [-0.4, -0.2) is 0 Å². The molecule has 0 bridgehead atoms. The second-order valence-electron chi connectivity index (χ2n) is 3.73. The smallest absolute Gasteiger partial charge is 0.0166 e. The van der Waals surface area contributed by atoms with Gasteiger partial charge in [-0.05, 0) is 39.0 Å². The van der Waals surface area contributed by atoms with Crippen molar-refractivity contribution < 1.29 is 0 Å². The van der Waals surface area contributed by atoms with Crippen LogP contribution in [0, 0.1) is 6.92 Å². The molecule has 0 aromatic carbocycles. The van der Waals surface area contributed by atoms with Crippen LogP contribution in [0.1, 0.15) is 39.0 Å². The second kappa shape index (κ2) is 14.7. The van der Waals surface area contributed by atoms with Crippen molar-refractivity contribution in [2.24, 2.45) is 0 Å². The minimum absolute atomic E-state index is 0.997. The molecule has 0 heterocycles. The molecule has 93 valence electrons. The highest BCUT2D eigenvalue weighted by atomic mass is 13.8. The molecule has 0 unspecified atom stereocenters. The maximum Gasteiger partial charge on any atom is -0.0166 e. The summed E-state index contributed by atoms with van der Waals surface area (Å²) in [6.45, 7) is 5.78. The van der Waals surface area contributed by atoms with Crippen molar-refractivity contribution in [3.8, 4) is 0 Å². The predicted octanol–water partition coefficient (Wildman–Crippen LogP) is 5.57. The Morgan fingerprint density at radius 2 is 1.29 bits per heavy atom. The van der Waals surface area contributed by atoms with E-state index in [1.54, 1.807) is 6.08 Å². The number of hydrogen-bond donors (Lipinski definition) is 0. The highest BCUT2D eigenvalue weighted by molar-refractivity contribution is 5.06. The molecule has 0 amide bonds. The topological polar surface area (TPSA) is 0 Å². The Kier molecular flexibility index (Phi) is 13.6. The molecule has 0 spiro atoms. The molecule has 0 aliphatic rings. The van der Waals surface area contributed by atoms with Gasteiger partial charge in [-0.1, -0.05) is 67.7 Å². The van der Waals surface area contributed by atoms with Crippen LogP contribution >= 0.6 is 0 Å². The molecule has 0 nitrogen and oxygen atoms in total. The minimum atomic E-state index is 0.997. The van der Waals surface area contributed by atoms with Crippen LogP contribution in [0.2, 0.25) is 0 Å². The molecule has 1 radical (unpaired) electrons. The predicted molar refractivity (Wildman–Crippen MR) is 79.8 cm³/mol. The van der Waals surface area contributed by atoms with Crippen LogP contribution in [0.25, 0.3) is 0 Å². The van der Waals surface area contributed by atoms with E-state index in [4.69, 9.17) is 0 Å². The zero-order valence-corrected chi connectivity index (χ0v) is 11.0. The van der Waals surface area contributed by atoms with Crippen LogP contribution in [0.15, 0.2) is 60.8 Å². The van der Waals surface area contributed by atoms with Crippen LogP contribution in [0.5, 0.6) is 0 Å². The maximum absolute atomic E-state index is 3.62. The van der Waals surface area contributed by atoms with Crippen LogP contribution in [-0.2, 0) is 0 Å². The molecule has 0 aliphatic heterocycles. The molecule has 0 aromatic heterocycles. The first-order valence-electron chi connectivity index (χ1n) is 6.47. The van der Waals surface area contributed by atoms with Gasteiger partial charge in [0.2, 0.25) is 0 Å². The lowest BCUT2D eigenvalue weighted by Crippen LogP contribution is -1.66. The molecule has 0 N–H and O–H groups in total. The number of unbranched alkanes of at least 4 members (excludes halogenated alkanes) is 1. The van der Waals surface area contributed by atoms with E-state index in [9.17, 15) is 0 Å². The van der Waals surface area contributed by atoms with Gasteiger partial charge in [-0.15, -0.1) is 0 Å². The Bertz CT molecular complexity index is 274. The first kappa shape index (κ1) is 15.7. The Balaban J connectivity index is 3.39. The summed E-state index contributed by atoms with van der Waals surface area (Å²) in [5, 5.41) is 0. The van der Waals surface area contributed by atoms with Gasteiger partial charge in [-0.3, -0.25) is 0 Å². The van der Waals surface area contributed by atoms with Gasteiger partial charge in [0.1, 0.15) is 0 Å². The van der Waals surface area contributed by atoms with Gasteiger partial charge in [0.15, 0.2) is 0 Å². The summed E-state index contributed by atoms with van der Waals surface area (Å²) in [5.41, 5.74) is 0. The highest BCUT2D eigenvalue weighted by Crippen LogP contribution is 1.97. The lowest BCUT2D eigenvalue weighted by atomic mass is 10.2. The quantitative estimate of drug-likeness (QED) is 0.275. The number of rotatable bonds is 9. The summed E-state index contributed by atoms with van der Waals surface area (Å²) < 4.78 is 0. The summed E-state index contributed by atoms with van der Waals surface area (Å²) in [7, 11) is 0. The summed E-state index contributed by atoms with van der Waals surface area (Å²) in [6.07, 6.45) is 26.7. The van der Waals surface area contributed by atoms with Crippen molar-refractivity contribution in [3.05, 3.63) is 67.7 Å². The molecule has 0 rings (SSSR count). The van der Waals surface area contributed by atoms with Crippen molar-refractivity contribution in [1.29, 1.82) is 0 Å². The van der Waals surface area contributed by atoms with Crippen LogP contribution in [0.3, 0.4) is 0 Å². The summed E-state index contributed by atoms with van der Waals surface area (Å²) in [5.74, 6) is 0. The fraction of sp³-hybridized carbons (Fsp3) is 0.353. The van der Waals surface area contributed by atoms with Crippen molar-refractivity contribution in [2.75, 3.05) is 0 Å². The Morgan fingerprint density at radius 1 is 0.706 bits per heavy atom. The molecule has 0 heteroatoms. The van der Waals surface area contributed by atoms with E-state index in [2.05, 4.69) is 56.4 Å². The third-order valence-corrected chi connectivity index (χ3v) is 2.16. The lowest BCUT2D eigenvalue weighted by molar-refractivity contribution is 1.03. The SMILES string of the molecule is [CH2]C=CC=CCC=CCC=CCCC=CCC. The maximum atomic E-state index is 3.62. The summed E-state index contributed by atoms with van der Waals surface area (Å²) in [4.78, 5) is 0. The van der Waals surface area contributed by atoms with E-state index in [0.29, 0.717) is 0 Å². The minimum Gasteiger partial charge on any atom is -0.0888 e. The molecule has 0 saturated carbocycles. The van der Waals surface area contributed by atoms with Crippen molar-refractivity contribution in [2.45, 2.75) is 39.0 Å². The van der Waals surface area contributed by atoms with E-state index < -0.39 is 0 Å². The Hall–Kier alpha value is -1.30. The van der Waals surface area contributed by atoms with Crippen LogP contribution < -0.4 is 0 Å². The summed E-state index contributed by atoms with van der Waals surface area (Å²) in [6, 6.07) is 0. The van der Waals surface area contributed by atoms with E-state index in [1.165, 1.54) is 0 Å². The standard InChI is InChI=1S/C17H25/c1-3-5-7-9-11-13-15-17-16-14-12-10-8-6-4-2/h3,5-9,13-16H,1,4,10-12,17H2,2H3. The lowest BCUT2D eigenvalue weighted by Gasteiger charge is -1.86. The third-order valence-electron chi connectivity index (χ3n) is 2.16. The zero-order chi connectivity index (χ0) is 12.6. The number of hydrogen-bond acceptors (Lipinski definition) is 0. The fourth-order valence-electron chi connectivity index (χ4n) is 1.28. The van der Waals surface area contributed by atoms with Crippen molar-refractivity contribution in [3.63, 3.8) is 0 Å². The highest BCUT2D eigenvalue weighted by Gasteiger charge is 1.76. The molecule has 0 atom stereocenters. The fourth-order valence-corrected chi connectivity index (χ4v) is 1.28. The van der Waals surface area contributed by atoms with E-state index in [1.807, 2.05) is 12.2 Å². The van der Waals surface area contributed by atoms with Gasteiger partial charge in [0, 0.05) is 0 Å².